The molecule has 14 heavy (non-hydrogen) atoms. The molecule has 0 spiro atoms. The van der Waals surface area contributed by atoms with E-state index in [1.807, 2.05) is 0 Å². The van der Waals surface area contributed by atoms with Gasteiger partial charge in [0.2, 0.25) is 0 Å². The van der Waals surface area contributed by atoms with Gasteiger partial charge in [-0.25, -0.2) is 0 Å². The van der Waals surface area contributed by atoms with Gasteiger partial charge in [-0.3, -0.25) is 0 Å². The fourth-order valence-corrected chi connectivity index (χ4v) is 2.26. The van der Waals surface area contributed by atoms with Crippen LogP contribution in [0.25, 0.3) is 10.6 Å². The Labute approximate surface area is 86.5 Å². The van der Waals surface area contributed by atoms with E-state index in [0.717, 1.165) is 22.6 Å². The van der Waals surface area contributed by atoms with Crippen LogP contribution in [0.3, 0.4) is 0 Å². The molecule has 0 aliphatic carbocycles. The van der Waals surface area contributed by atoms with Crippen LogP contribution in [-0.4, -0.2) is 5.16 Å². The lowest BCUT2D eigenvalue weighted by Crippen LogP contribution is -1.95. The van der Waals surface area contributed by atoms with Crippen LogP contribution in [0.2, 0.25) is 0 Å². The zero-order valence-corrected chi connectivity index (χ0v) is 8.80. The Balaban J connectivity index is 2.38. The highest BCUT2D eigenvalue weighted by atomic mass is 32.1. The highest BCUT2D eigenvalue weighted by Crippen LogP contribution is 2.30. The molecule has 2 aromatic rings. The summed E-state index contributed by atoms with van der Waals surface area (Å²) in [7, 11) is 0. The van der Waals surface area contributed by atoms with Crippen molar-refractivity contribution < 1.29 is 4.52 Å². The third-order valence-electron chi connectivity index (χ3n) is 2.10. The van der Waals surface area contributed by atoms with Crippen LogP contribution in [0.4, 0.5) is 0 Å². The lowest BCUT2D eigenvalue weighted by atomic mass is 10.2. The lowest BCUT2D eigenvalue weighted by Gasteiger charge is -1.92. The Morgan fingerprint density at radius 3 is 3.00 bits per heavy atom. The van der Waals surface area contributed by atoms with E-state index < -0.39 is 0 Å². The van der Waals surface area contributed by atoms with Gasteiger partial charge in [-0.1, -0.05) is 12.1 Å². The van der Waals surface area contributed by atoms with Crippen molar-refractivity contribution in [2.24, 2.45) is 5.73 Å². The summed E-state index contributed by atoms with van der Waals surface area (Å²) in [6.45, 7) is 2.61. The predicted octanol–water partition coefficient (Wildman–Crippen LogP) is 2.42. The van der Waals surface area contributed by atoms with E-state index in [2.05, 4.69) is 24.2 Å². The molecule has 0 aliphatic heterocycles. The third kappa shape index (κ3) is 1.58. The Bertz CT molecular complexity index is 419. The summed E-state index contributed by atoms with van der Waals surface area (Å²) in [5.74, 6) is 0.817. The number of nitrogens with two attached hydrogens (primary N) is 1. The van der Waals surface area contributed by atoms with Gasteiger partial charge in [0.25, 0.3) is 0 Å². The summed E-state index contributed by atoms with van der Waals surface area (Å²) in [6.07, 6.45) is 2.73. The third-order valence-corrected chi connectivity index (χ3v) is 3.33. The average molecular weight is 208 g/mol. The quantitative estimate of drug-likeness (QED) is 0.842. The highest BCUT2D eigenvalue weighted by Gasteiger charge is 2.11. The molecule has 0 amide bonds. The van der Waals surface area contributed by atoms with E-state index in [1.165, 1.54) is 4.88 Å². The number of hydrogen-bond donors (Lipinski definition) is 1. The number of aryl methyl sites for hydroxylation is 1. The van der Waals surface area contributed by atoms with Crippen molar-refractivity contribution in [3.63, 3.8) is 0 Å². The minimum atomic E-state index is 0.470. The van der Waals surface area contributed by atoms with E-state index in [0.29, 0.717) is 6.54 Å². The van der Waals surface area contributed by atoms with Crippen molar-refractivity contribution in [3.05, 3.63) is 28.8 Å². The standard InChI is InChI=1S/C10H12N2OS/c1-2-8-3-4-9(14-8)10-7(5-11)6-12-13-10/h3-4,6H,2,5,11H2,1H3. The minimum Gasteiger partial charge on any atom is -0.355 e. The molecular weight excluding hydrogens is 196 g/mol. The molecule has 0 saturated heterocycles. The van der Waals surface area contributed by atoms with Crippen LogP contribution in [-0.2, 0) is 13.0 Å². The Hall–Kier alpha value is -1.13. The van der Waals surface area contributed by atoms with Crippen LogP contribution in [0, 0.1) is 0 Å². The van der Waals surface area contributed by atoms with Crippen molar-refractivity contribution >= 4 is 11.3 Å². The normalized spacial score (nSPS) is 10.7. The zero-order chi connectivity index (χ0) is 9.97. The van der Waals surface area contributed by atoms with Crippen LogP contribution >= 0.6 is 11.3 Å². The molecular formula is C10H12N2OS. The summed E-state index contributed by atoms with van der Waals surface area (Å²) in [6, 6.07) is 4.17. The van der Waals surface area contributed by atoms with E-state index in [4.69, 9.17) is 10.3 Å². The van der Waals surface area contributed by atoms with Gasteiger partial charge in [-0.05, 0) is 18.6 Å². The van der Waals surface area contributed by atoms with Crippen molar-refractivity contribution in [2.45, 2.75) is 19.9 Å². The molecule has 2 heterocycles. The molecule has 4 heteroatoms. The minimum absolute atomic E-state index is 0.470. The van der Waals surface area contributed by atoms with Gasteiger partial charge in [-0.15, -0.1) is 11.3 Å². The first-order valence-electron chi connectivity index (χ1n) is 4.57. The molecule has 2 rings (SSSR count). The van der Waals surface area contributed by atoms with Crippen LogP contribution in [0.15, 0.2) is 22.9 Å². The second-order valence-corrected chi connectivity index (χ2v) is 4.17. The lowest BCUT2D eigenvalue weighted by molar-refractivity contribution is 0.432. The fraction of sp³-hybridized carbons (Fsp3) is 0.300. The molecule has 0 saturated carbocycles. The number of hydrogen-bond acceptors (Lipinski definition) is 4. The van der Waals surface area contributed by atoms with Gasteiger partial charge in [0.1, 0.15) is 0 Å². The van der Waals surface area contributed by atoms with Gasteiger partial charge in [0.15, 0.2) is 5.76 Å². The summed E-state index contributed by atoms with van der Waals surface area (Å²) in [4.78, 5) is 2.46. The van der Waals surface area contributed by atoms with Crippen molar-refractivity contribution in [1.29, 1.82) is 0 Å². The molecule has 0 atom stereocenters. The molecule has 0 aromatic carbocycles. The van der Waals surface area contributed by atoms with Crippen LogP contribution < -0.4 is 5.73 Å². The van der Waals surface area contributed by atoms with Gasteiger partial charge in [0, 0.05) is 17.0 Å². The Kier molecular flexibility index (Phi) is 2.65. The Morgan fingerprint density at radius 1 is 1.50 bits per heavy atom. The van der Waals surface area contributed by atoms with Gasteiger partial charge < -0.3 is 10.3 Å². The molecule has 2 N–H and O–H groups in total. The first-order chi connectivity index (χ1) is 6.85. The molecule has 74 valence electrons. The summed E-state index contributed by atoms with van der Waals surface area (Å²) < 4.78 is 5.18. The number of thiophene rings is 1. The SMILES string of the molecule is CCc1ccc(-c2oncc2CN)s1. The van der Waals surface area contributed by atoms with E-state index in [-0.39, 0.29) is 0 Å². The fourth-order valence-electron chi connectivity index (χ4n) is 1.30. The maximum absolute atomic E-state index is 5.58. The number of nitrogens with zero attached hydrogens (tertiary/aromatic N) is 1. The van der Waals surface area contributed by atoms with Gasteiger partial charge in [-0.2, -0.15) is 0 Å². The molecule has 0 bridgehead atoms. The van der Waals surface area contributed by atoms with Crippen molar-refractivity contribution in [2.75, 3.05) is 0 Å². The molecule has 3 nitrogen and oxygen atoms in total. The predicted molar refractivity (Wildman–Crippen MR) is 57.1 cm³/mol. The molecule has 0 aliphatic rings. The van der Waals surface area contributed by atoms with E-state index in [1.54, 1.807) is 17.5 Å². The Morgan fingerprint density at radius 2 is 2.36 bits per heavy atom. The topological polar surface area (TPSA) is 52.0 Å². The van der Waals surface area contributed by atoms with E-state index >= 15 is 0 Å². The van der Waals surface area contributed by atoms with E-state index in [9.17, 15) is 0 Å². The van der Waals surface area contributed by atoms with Crippen LogP contribution in [0.1, 0.15) is 17.4 Å². The monoisotopic (exact) mass is 208 g/mol. The maximum atomic E-state index is 5.58. The molecule has 0 unspecified atom stereocenters. The first kappa shape index (κ1) is 9.43. The number of aromatic nitrogens is 1. The van der Waals surface area contributed by atoms with Gasteiger partial charge in [0.05, 0.1) is 11.1 Å². The molecule has 0 fully saturated rings. The van der Waals surface area contributed by atoms with Gasteiger partial charge >= 0.3 is 0 Å². The smallest absolute Gasteiger partial charge is 0.181 e. The second-order valence-electron chi connectivity index (χ2n) is 3.00. The summed E-state index contributed by atoms with van der Waals surface area (Å²) >= 11 is 1.73. The second kappa shape index (κ2) is 3.94. The zero-order valence-electron chi connectivity index (χ0n) is 7.99. The molecule has 0 radical (unpaired) electrons. The maximum Gasteiger partial charge on any atom is 0.181 e. The van der Waals surface area contributed by atoms with Crippen LogP contribution in [0.5, 0.6) is 0 Å². The summed E-state index contributed by atoms with van der Waals surface area (Å²) in [5, 5.41) is 3.76. The molecule has 2 aromatic heterocycles. The summed E-state index contributed by atoms with van der Waals surface area (Å²) in [5.41, 5.74) is 6.54. The van der Waals surface area contributed by atoms with Crippen molar-refractivity contribution in [1.82, 2.24) is 5.16 Å². The number of rotatable bonds is 3. The highest BCUT2D eigenvalue weighted by molar-refractivity contribution is 7.15. The van der Waals surface area contributed by atoms with Crippen molar-refractivity contribution in [3.8, 4) is 10.6 Å². The average Bonchev–Trinajstić information content (AvgIpc) is 2.85. The first-order valence-corrected chi connectivity index (χ1v) is 5.39. The largest absolute Gasteiger partial charge is 0.355 e.